The number of benzene rings is 1. The first-order chi connectivity index (χ1) is 10.8. The Labute approximate surface area is 139 Å². The van der Waals surface area contributed by atoms with E-state index >= 15 is 0 Å². The Morgan fingerprint density at radius 1 is 1.43 bits per heavy atom. The van der Waals surface area contributed by atoms with Crippen LogP contribution >= 0.6 is 11.6 Å². The number of ketones is 1. The zero-order valence-electron chi connectivity index (χ0n) is 12.9. The summed E-state index contributed by atoms with van der Waals surface area (Å²) in [6.07, 6.45) is 0.0290. The second-order valence-electron chi connectivity index (χ2n) is 6.35. The molecule has 0 fully saturated rings. The number of aliphatic hydroxyl groups is 1. The van der Waals surface area contributed by atoms with E-state index < -0.39 is 17.7 Å². The molecular weight excluding hydrogens is 316 g/mol. The van der Waals surface area contributed by atoms with Crippen LogP contribution in [0.15, 0.2) is 28.9 Å². The van der Waals surface area contributed by atoms with Gasteiger partial charge in [0.25, 0.3) is 0 Å². The van der Waals surface area contributed by atoms with Gasteiger partial charge < -0.3 is 15.2 Å². The number of aliphatic hydroxyl groups excluding tert-OH is 1. The summed E-state index contributed by atoms with van der Waals surface area (Å²) < 4.78 is 5.86. The fourth-order valence-electron chi connectivity index (χ4n) is 2.98. The molecule has 0 saturated heterocycles. The van der Waals surface area contributed by atoms with Gasteiger partial charge in [0, 0.05) is 17.7 Å². The molecule has 23 heavy (non-hydrogen) atoms. The van der Waals surface area contributed by atoms with Gasteiger partial charge in [0.2, 0.25) is 0 Å². The molecule has 1 aromatic rings. The second kappa shape index (κ2) is 5.55. The van der Waals surface area contributed by atoms with Crippen molar-refractivity contribution in [3.8, 4) is 11.8 Å². The topological polar surface area (TPSA) is 82.3 Å². The first-order valence-electron chi connectivity index (χ1n) is 7.43. The summed E-state index contributed by atoms with van der Waals surface area (Å²) >= 11 is 6.05. The molecule has 5 nitrogen and oxygen atoms in total. The van der Waals surface area contributed by atoms with E-state index in [9.17, 15) is 9.90 Å². The average molecular weight is 333 g/mol. The second-order valence-corrected chi connectivity index (χ2v) is 6.73. The van der Waals surface area contributed by atoms with E-state index in [1.54, 1.807) is 32.0 Å². The quantitative estimate of drug-likeness (QED) is 0.869. The summed E-state index contributed by atoms with van der Waals surface area (Å²) in [5.74, 6) is 0.513. The Balaban J connectivity index is 2.04. The van der Waals surface area contributed by atoms with Gasteiger partial charge >= 0.3 is 0 Å². The van der Waals surface area contributed by atoms with Crippen LogP contribution in [0.3, 0.4) is 0 Å². The van der Waals surface area contributed by atoms with E-state index in [2.05, 4.69) is 11.4 Å². The van der Waals surface area contributed by atoms with Crippen molar-refractivity contribution in [3.05, 3.63) is 40.1 Å². The molecule has 1 heterocycles. The smallest absolute Gasteiger partial charge is 0.176 e. The van der Waals surface area contributed by atoms with Gasteiger partial charge in [-0.05, 0) is 38.5 Å². The average Bonchev–Trinajstić information content (AvgIpc) is 2.83. The fraction of sp³-hybridized carbons (Fsp3) is 0.412. The maximum Gasteiger partial charge on any atom is 0.176 e. The van der Waals surface area contributed by atoms with Gasteiger partial charge in [-0.1, -0.05) is 11.6 Å². The van der Waals surface area contributed by atoms with Crippen molar-refractivity contribution in [2.75, 3.05) is 0 Å². The molecule has 1 aliphatic carbocycles. The van der Waals surface area contributed by atoms with Gasteiger partial charge in [0.1, 0.15) is 22.5 Å². The number of allylic oxidation sites excluding steroid dienone is 2. The summed E-state index contributed by atoms with van der Waals surface area (Å²) in [5, 5.41) is 23.2. The van der Waals surface area contributed by atoms with Crippen LogP contribution in [-0.2, 0) is 4.79 Å². The standard InChI is InChI=1S/C17H17ClN2O3/c1-17(2)16(22)15(20-11-4-5-12(21)14(11)18)10-7-9(8-19)3-6-13(10)23-17/h3,6-7,15-16,20,22H,4-5H2,1-2H3. The molecule has 0 saturated carbocycles. The van der Waals surface area contributed by atoms with E-state index in [1.165, 1.54) is 0 Å². The van der Waals surface area contributed by atoms with Gasteiger partial charge in [-0.15, -0.1) is 0 Å². The van der Waals surface area contributed by atoms with Crippen molar-refractivity contribution in [3.63, 3.8) is 0 Å². The Morgan fingerprint density at radius 3 is 2.78 bits per heavy atom. The number of hydrogen-bond donors (Lipinski definition) is 2. The van der Waals surface area contributed by atoms with Crippen molar-refractivity contribution < 1.29 is 14.6 Å². The number of Topliss-reactive ketones (excluding diaryl/α,β-unsaturated/α-hetero) is 1. The van der Waals surface area contributed by atoms with Gasteiger partial charge in [0.15, 0.2) is 5.78 Å². The van der Waals surface area contributed by atoms with Crippen LogP contribution in [-0.4, -0.2) is 22.6 Å². The Morgan fingerprint density at radius 2 is 2.17 bits per heavy atom. The lowest BCUT2D eigenvalue weighted by Gasteiger charge is -2.42. The number of nitrogens with zero attached hydrogens (tertiary/aromatic N) is 1. The molecule has 2 aliphatic rings. The molecule has 0 amide bonds. The first-order valence-corrected chi connectivity index (χ1v) is 7.81. The van der Waals surface area contributed by atoms with Crippen molar-refractivity contribution in [1.82, 2.24) is 5.32 Å². The van der Waals surface area contributed by atoms with E-state index in [0.29, 0.717) is 35.4 Å². The van der Waals surface area contributed by atoms with Crippen LogP contribution in [0.2, 0.25) is 0 Å². The summed E-state index contributed by atoms with van der Waals surface area (Å²) in [6, 6.07) is 6.68. The lowest BCUT2D eigenvalue weighted by molar-refractivity contribution is -0.114. The highest BCUT2D eigenvalue weighted by atomic mass is 35.5. The molecule has 2 unspecified atom stereocenters. The predicted molar refractivity (Wildman–Crippen MR) is 84.9 cm³/mol. The molecule has 2 atom stereocenters. The third-order valence-corrected chi connectivity index (χ3v) is 4.76. The predicted octanol–water partition coefficient (Wildman–Crippen LogP) is 2.53. The first kappa shape index (κ1) is 15.9. The third kappa shape index (κ3) is 2.69. The molecule has 3 rings (SSSR count). The monoisotopic (exact) mass is 332 g/mol. The number of rotatable bonds is 2. The van der Waals surface area contributed by atoms with Crippen LogP contribution in [0.5, 0.6) is 5.75 Å². The zero-order valence-corrected chi connectivity index (χ0v) is 13.6. The number of carbonyl (C=O) groups is 1. The Hall–Kier alpha value is -2.03. The number of ether oxygens (including phenoxy) is 1. The highest BCUT2D eigenvalue weighted by molar-refractivity contribution is 6.43. The van der Waals surface area contributed by atoms with Crippen molar-refractivity contribution in [2.45, 2.75) is 44.4 Å². The van der Waals surface area contributed by atoms with Crippen LogP contribution < -0.4 is 10.1 Å². The number of carbonyl (C=O) groups excluding carboxylic acids is 1. The highest BCUT2D eigenvalue weighted by Gasteiger charge is 2.43. The lowest BCUT2D eigenvalue weighted by atomic mass is 9.85. The molecule has 120 valence electrons. The molecule has 0 bridgehead atoms. The van der Waals surface area contributed by atoms with Gasteiger partial charge in [0.05, 0.1) is 17.7 Å². The van der Waals surface area contributed by atoms with Gasteiger partial charge in [-0.25, -0.2) is 0 Å². The molecule has 0 radical (unpaired) electrons. The molecule has 2 N–H and O–H groups in total. The number of halogens is 1. The Bertz CT molecular complexity index is 749. The SMILES string of the molecule is CC1(C)Oc2ccc(C#N)cc2C(NC2=C(Cl)C(=O)CC2)C1O. The number of hydrogen-bond acceptors (Lipinski definition) is 5. The van der Waals surface area contributed by atoms with Crippen molar-refractivity contribution in [2.24, 2.45) is 0 Å². The molecular formula is C17H17ClN2O3. The van der Waals surface area contributed by atoms with E-state index in [-0.39, 0.29) is 10.8 Å². The molecule has 0 aromatic heterocycles. The molecule has 6 heteroatoms. The number of nitrogens with one attached hydrogen (secondary N) is 1. The largest absolute Gasteiger partial charge is 0.485 e. The number of fused-ring (bicyclic) bond motifs is 1. The maximum atomic E-state index is 11.6. The van der Waals surface area contributed by atoms with Crippen molar-refractivity contribution >= 4 is 17.4 Å². The molecule has 1 aromatic carbocycles. The van der Waals surface area contributed by atoms with Crippen LogP contribution in [0.1, 0.15) is 43.9 Å². The lowest BCUT2D eigenvalue weighted by Crippen LogP contribution is -2.52. The minimum absolute atomic E-state index is 0.0963. The highest BCUT2D eigenvalue weighted by Crippen LogP contribution is 2.41. The Kier molecular flexibility index (Phi) is 3.83. The van der Waals surface area contributed by atoms with Crippen LogP contribution in [0, 0.1) is 11.3 Å². The van der Waals surface area contributed by atoms with Gasteiger partial charge in [-0.2, -0.15) is 5.26 Å². The summed E-state index contributed by atoms with van der Waals surface area (Å²) in [4.78, 5) is 11.6. The summed E-state index contributed by atoms with van der Waals surface area (Å²) in [6.45, 7) is 3.59. The zero-order chi connectivity index (χ0) is 16.8. The molecule has 0 spiro atoms. The van der Waals surface area contributed by atoms with Crippen LogP contribution in [0.25, 0.3) is 0 Å². The van der Waals surface area contributed by atoms with E-state index in [1.807, 2.05) is 0 Å². The fourth-order valence-corrected chi connectivity index (χ4v) is 3.22. The van der Waals surface area contributed by atoms with E-state index in [4.69, 9.17) is 21.6 Å². The van der Waals surface area contributed by atoms with E-state index in [0.717, 1.165) is 0 Å². The number of nitriles is 1. The summed E-state index contributed by atoms with van der Waals surface area (Å²) in [5.41, 5.74) is 0.988. The minimum atomic E-state index is -0.864. The third-order valence-electron chi connectivity index (χ3n) is 4.32. The normalized spacial score (nSPS) is 25.6. The summed E-state index contributed by atoms with van der Waals surface area (Å²) in [7, 11) is 0. The van der Waals surface area contributed by atoms with Crippen LogP contribution in [0.4, 0.5) is 0 Å². The molecule has 1 aliphatic heterocycles. The maximum absolute atomic E-state index is 11.6. The van der Waals surface area contributed by atoms with Crippen molar-refractivity contribution in [1.29, 1.82) is 5.26 Å². The minimum Gasteiger partial charge on any atom is -0.485 e. The van der Waals surface area contributed by atoms with Gasteiger partial charge in [-0.3, -0.25) is 4.79 Å².